The summed E-state index contributed by atoms with van der Waals surface area (Å²) in [6.45, 7) is 2.15. The molecule has 0 heterocycles. The first-order valence-corrected chi connectivity index (χ1v) is 9.59. The molecule has 0 fully saturated rings. The summed E-state index contributed by atoms with van der Waals surface area (Å²) in [6, 6.07) is 11.3. The standard InChI is InChI=1S/C21H19Cl2N3O4/c1-3-25-20(27)12-30-18-7-4-13(9-19(18)29-2)8-14(11-24)21(28)26-17-6-5-15(22)10-16(17)23/h4-10H,3,12H2,1-2H3,(H,25,27)(H,26,28)/b14-8+. The topological polar surface area (TPSA) is 100 Å². The maximum Gasteiger partial charge on any atom is 0.266 e. The molecule has 0 atom stereocenters. The number of carbonyl (C=O) groups is 2. The average Bonchev–Trinajstić information content (AvgIpc) is 2.72. The number of amides is 2. The number of nitrogens with zero attached hydrogens (tertiary/aromatic N) is 1. The molecule has 0 aliphatic rings. The van der Waals surface area contributed by atoms with Crippen molar-refractivity contribution in [2.45, 2.75) is 6.92 Å². The first-order chi connectivity index (χ1) is 14.4. The van der Waals surface area contributed by atoms with Crippen molar-refractivity contribution in [3.05, 3.63) is 57.6 Å². The van der Waals surface area contributed by atoms with Gasteiger partial charge in [-0.15, -0.1) is 0 Å². The molecule has 156 valence electrons. The Morgan fingerprint density at radius 1 is 1.17 bits per heavy atom. The second-order valence-electron chi connectivity index (χ2n) is 5.90. The average molecular weight is 448 g/mol. The third-order valence-corrected chi connectivity index (χ3v) is 4.32. The van der Waals surface area contributed by atoms with Crippen LogP contribution in [0, 0.1) is 11.3 Å². The second-order valence-corrected chi connectivity index (χ2v) is 6.74. The summed E-state index contributed by atoms with van der Waals surface area (Å²) in [5.74, 6) is -0.173. The van der Waals surface area contributed by atoms with Crippen LogP contribution in [-0.4, -0.2) is 32.1 Å². The van der Waals surface area contributed by atoms with Crippen molar-refractivity contribution in [2.75, 3.05) is 25.6 Å². The lowest BCUT2D eigenvalue weighted by atomic mass is 10.1. The number of carbonyl (C=O) groups excluding carboxylic acids is 2. The minimum Gasteiger partial charge on any atom is -0.493 e. The van der Waals surface area contributed by atoms with Gasteiger partial charge in [0, 0.05) is 11.6 Å². The van der Waals surface area contributed by atoms with E-state index in [0.29, 0.717) is 34.3 Å². The highest BCUT2D eigenvalue weighted by molar-refractivity contribution is 6.36. The molecule has 2 N–H and O–H groups in total. The van der Waals surface area contributed by atoms with Gasteiger partial charge in [-0.25, -0.2) is 0 Å². The van der Waals surface area contributed by atoms with Gasteiger partial charge >= 0.3 is 0 Å². The van der Waals surface area contributed by atoms with Crippen LogP contribution in [0.2, 0.25) is 10.0 Å². The van der Waals surface area contributed by atoms with E-state index in [1.54, 1.807) is 30.3 Å². The molecule has 0 saturated heterocycles. The van der Waals surface area contributed by atoms with E-state index in [2.05, 4.69) is 10.6 Å². The highest BCUT2D eigenvalue weighted by Gasteiger charge is 2.13. The molecule has 2 aromatic carbocycles. The molecule has 0 bridgehead atoms. The van der Waals surface area contributed by atoms with Gasteiger partial charge in [-0.2, -0.15) is 5.26 Å². The van der Waals surface area contributed by atoms with Gasteiger partial charge in [0.1, 0.15) is 11.6 Å². The Bertz CT molecular complexity index is 1020. The largest absolute Gasteiger partial charge is 0.493 e. The van der Waals surface area contributed by atoms with Crippen molar-refractivity contribution in [3.63, 3.8) is 0 Å². The van der Waals surface area contributed by atoms with Crippen molar-refractivity contribution in [1.29, 1.82) is 5.26 Å². The van der Waals surface area contributed by atoms with Crippen LogP contribution in [0.5, 0.6) is 11.5 Å². The van der Waals surface area contributed by atoms with Crippen LogP contribution >= 0.6 is 23.2 Å². The summed E-state index contributed by atoms with van der Waals surface area (Å²) in [5, 5.41) is 15.3. The summed E-state index contributed by atoms with van der Waals surface area (Å²) in [7, 11) is 1.45. The highest BCUT2D eigenvalue weighted by Crippen LogP contribution is 2.29. The predicted molar refractivity (Wildman–Crippen MR) is 116 cm³/mol. The van der Waals surface area contributed by atoms with E-state index >= 15 is 0 Å². The quantitative estimate of drug-likeness (QED) is 0.469. The number of likely N-dealkylation sites (N-methyl/N-ethyl adjacent to an activating group) is 1. The first kappa shape index (κ1) is 23.1. The molecule has 2 rings (SSSR count). The SMILES string of the molecule is CCNC(=O)COc1ccc(/C=C(\C#N)C(=O)Nc2ccc(Cl)cc2Cl)cc1OC. The fourth-order valence-electron chi connectivity index (χ4n) is 2.38. The van der Waals surface area contributed by atoms with Crippen LogP contribution < -0.4 is 20.1 Å². The number of hydrogen-bond acceptors (Lipinski definition) is 5. The molecule has 2 aromatic rings. The minimum atomic E-state index is -0.628. The van der Waals surface area contributed by atoms with Crippen LogP contribution in [-0.2, 0) is 9.59 Å². The zero-order valence-corrected chi connectivity index (χ0v) is 17.8. The van der Waals surface area contributed by atoms with Gasteiger partial charge in [0.05, 0.1) is 17.8 Å². The summed E-state index contributed by atoms with van der Waals surface area (Å²) >= 11 is 11.9. The fraction of sp³-hybridized carbons (Fsp3) is 0.190. The Morgan fingerprint density at radius 3 is 2.57 bits per heavy atom. The highest BCUT2D eigenvalue weighted by atomic mass is 35.5. The molecule has 2 amide bonds. The van der Waals surface area contributed by atoms with E-state index in [9.17, 15) is 14.9 Å². The molecule has 0 aromatic heterocycles. The molecule has 0 radical (unpaired) electrons. The number of halogens is 2. The van der Waals surface area contributed by atoms with Gasteiger partial charge in [0.25, 0.3) is 11.8 Å². The molecule has 7 nitrogen and oxygen atoms in total. The van der Waals surface area contributed by atoms with Crippen molar-refractivity contribution >= 4 is 46.8 Å². The zero-order valence-electron chi connectivity index (χ0n) is 16.3. The van der Waals surface area contributed by atoms with Crippen LogP contribution in [0.3, 0.4) is 0 Å². The second kappa shape index (κ2) is 11.1. The van der Waals surface area contributed by atoms with Crippen molar-refractivity contribution in [3.8, 4) is 17.6 Å². The molecular weight excluding hydrogens is 429 g/mol. The zero-order chi connectivity index (χ0) is 22.1. The minimum absolute atomic E-state index is 0.140. The number of benzene rings is 2. The molecule has 0 spiro atoms. The van der Waals surface area contributed by atoms with Gasteiger partial charge < -0.3 is 20.1 Å². The van der Waals surface area contributed by atoms with E-state index in [-0.39, 0.29) is 23.1 Å². The first-order valence-electron chi connectivity index (χ1n) is 8.83. The number of nitriles is 1. The van der Waals surface area contributed by atoms with Gasteiger partial charge in [0.2, 0.25) is 0 Å². The van der Waals surface area contributed by atoms with Crippen molar-refractivity contribution < 1.29 is 19.1 Å². The molecule has 0 saturated carbocycles. The number of rotatable bonds is 8. The van der Waals surface area contributed by atoms with Crippen LogP contribution in [0.1, 0.15) is 12.5 Å². The van der Waals surface area contributed by atoms with Gasteiger partial charge in [-0.1, -0.05) is 29.3 Å². The van der Waals surface area contributed by atoms with Crippen LogP contribution in [0.4, 0.5) is 5.69 Å². The number of methoxy groups -OCH3 is 1. The van der Waals surface area contributed by atoms with E-state index in [1.807, 2.05) is 13.0 Å². The Kier molecular flexibility index (Phi) is 8.54. The Hall–Kier alpha value is -3.21. The molecule has 30 heavy (non-hydrogen) atoms. The summed E-state index contributed by atoms with van der Waals surface area (Å²) in [6.07, 6.45) is 1.40. The van der Waals surface area contributed by atoms with Crippen molar-refractivity contribution in [1.82, 2.24) is 5.32 Å². The molecule has 0 unspecified atom stereocenters. The normalized spacial score (nSPS) is 10.7. The van der Waals surface area contributed by atoms with Crippen LogP contribution in [0.25, 0.3) is 6.08 Å². The fourth-order valence-corrected chi connectivity index (χ4v) is 2.84. The maximum atomic E-state index is 12.5. The predicted octanol–water partition coefficient (Wildman–Crippen LogP) is 4.06. The van der Waals surface area contributed by atoms with E-state index < -0.39 is 5.91 Å². The van der Waals surface area contributed by atoms with Gasteiger partial charge in [0.15, 0.2) is 18.1 Å². The Labute approximate surface area is 184 Å². The summed E-state index contributed by atoms with van der Waals surface area (Å²) in [4.78, 5) is 24.0. The number of nitrogens with one attached hydrogen (secondary N) is 2. The van der Waals surface area contributed by atoms with E-state index in [0.717, 1.165) is 0 Å². The maximum absolute atomic E-state index is 12.5. The Balaban J connectivity index is 2.19. The lowest BCUT2D eigenvalue weighted by molar-refractivity contribution is -0.123. The molecule has 9 heteroatoms. The van der Waals surface area contributed by atoms with Crippen LogP contribution in [0.15, 0.2) is 42.0 Å². The third-order valence-electron chi connectivity index (χ3n) is 3.78. The molecule has 0 aliphatic carbocycles. The lowest BCUT2D eigenvalue weighted by Crippen LogP contribution is -2.28. The number of hydrogen-bond donors (Lipinski definition) is 2. The molecular formula is C21H19Cl2N3O4. The summed E-state index contributed by atoms with van der Waals surface area (Å²) in [5.41, 5.74) is 0.726. The molecule has 0 aliphatic heterocycles. The van der Waals surface area contributed by atoms with Gasteiger partial charge in [-0.05, 0) is 48.9 Å². The van der Waals surface area contributed by atoms with E-state index in [1.165, 1.54) is 19.3 Å². The Morgan fingerprint density at radius 2 is 1.93 bits per heavy atom. The lowest BCUT2D eigenvalue weighted by Gasteiger charge is -2.11. The van der Waals surface area contributed by atoms with Gasteiger partial charge in [-0.3, -0.25) is 9.59 Å². The number of ether oxygens (including phenoxy) is 2. The van der Waals surface area contributed by atoms with Crippen molar-refractivity contribution in [2.24, 2.45) is 0 Å². The summed E-state index contributed by atoms with van der Waals surface area (Å²) < 4.78 is 10.7. The monoisotopic (exact) mass is 447 g/mol. The number of anilines is 1. The third kappa shape index (κ3) is 6.41. The van der Waals surface area contributed by atoms with E-state index in [4.69, 9.17) is 32.7 Å². The smallest absolute Gasteiger partial charge is 0.266 e.